The molecule has 0 aliphatic carbocycles. The third-order valence-electron chi connectivity index (χ3n) is 5.03. The fourth-order valence-electron chi connectivity index (χ4n) is 3.47. The molecular formula is C19H24N2O4S. The molecule has 3 rings (SSSR count). The number of rotatable bonds is 5. The Hall–Kier alpha value is -2.28. The highest BCUT2D eigenvalue weighted by Crippen LogP contribution is 2.37. The van der Waals surface area contributed by atoms with E-state index in [0.29, 0.717) is 18.0 Å². The van der Waals surface area contributed by atoms with Gasteiger partial charge in [0.1, 0.15) is 6.54 Å². The molecule has 0 bridgehead atoms. The maximum absolute atomic E-state index is 12.9. The molecule has 1 atom stereocenters. The largest absolute Gasteiger partial charge is 0.493 e. The monoisotopic (exact) mass is 376 g/mol. The molecule has 7 heteroatoms. The number of nitrogens with zero attached hydrogens (tertiary/aromatic N) is 2. The van der Waals surface area contributed by atoms with E-state index in [1.165, 1.54) is 11.3 Å². The zero-order valence-corrected chi connectivity index (χ0v) is 16.4. The van der Waals surface area contributed by atoms with E-state index in [9.17, 15) is 9.59 Å². The number of likely N-dealkylation sites (tertiary alicyclic amines) is 1. The molecule has 140 valence electrons. The second-order valence-corrected chi connectivity index (χ2v) is 7.62. The van der Waals surface area contributed by atoms with Gasteiger partial charge >= 0.3 is 4.87 Å². The number of ether oxygens (including phenoxy) is 2. The molecule has 1 unspecified atom stereocenters. The van der Waals surface area contributed by atoms with Gasteiger partial charge in [-0.3, -0.25) is 14.2 Å². The summed E-state index contributed by atoms with van der Waals surface area (Å²) in [7, 11) is 3.21. The van der Waals surface area contributed by atoms with Crippen molar-refractivity contribution in [1.29, 1.82) is 0 Å². The fourth-order valence-corrected chi connectivity index (χ4v) is 4.30. The van der Waals surface area contributed by atoms with Crippen LogP contribution in [0.3, 0.4) is 0 Å². The van der Waals surface area contributed by atoms with Crippen LogP contribution in [0.5, 0.6) is 11.5 Å². The predicted molar refractivity (Wildman–Crippen MR) is 101 cm³/mol. The van der Waals surface area contributed by atoms with Crippen molar-refractivity contribution in [2.75, 3.05) is 20.8 Å². The highest BCUT2D eigenvalue weighted by Gasteiger charge is 2.31. The molecule has 1 aliphatic heterocycles. The molecule has 2 heterocycles. The van der Waals surface area contributed by atoms with Crippen LogP contribution >= 0.6 is 11.3 Å². The summed E-state index contributed by atoms with van der Waals surface area (Å²) >= 11 is 1.19. The molecule has 1 aromatic carbocycles. The van der Waals surface area contributed by atoms with Crippen molar-refractivity contribution in [2.24, 2.45) is 0 Å². The zero-order valence-electron chi connectivity index (χ0n) is 15.6. The van der Waals surface area contributed by atoms with Gasteiger partial charge in [0, 0.05) is 17.1 Å². The third kappa shape index (κ3) is 3.35. The van der Waals surface area contributed by atoms with Crippen LogP contribution in [0.15, 0.2) is 23.0 Å². The molecule has 2 aromatic rings. The summed E-state index contributed by atoms with van der Waals surface area (Å²) in [6.07, 6.45) is 1.85. The van der Waals surface area contributed by atoms with E-state index in [1.807, 2.05) is 36.9 Å². The molecule has 1 fully saturated rings. The van der Waals surface area contributed by atoms with Gasteiger partial charge in [-0.2, -0.15) is 0 Å². The highest BCUT2D eigenvalue weighted by molar-refractivity contribution is 7.09. The Morgan fingerprint density at radius 3 is 2.58 bits per heavy atom. The lowest BCUT2D eigenvalue weighted by Gasteiger charge is -2.26. The van der Waals surface area contributed by atoms with Crippen LogP contribution in [0.25, 0.3) is 0 Å². The van der Waals surface area contributed by atoms with E-state index in [-0.39, 0.29) is 23.4 Å². The number of thiazole rings is 1. The summed E-state index contributed by atoms with van der Waals surface area (Å²) in [4.78, 5) is 27.8. The highest BCUT2D eigenvalue weighted by atomic mass is 32.1. The van der Waals surface area contributed by atoms with E-state index < -0.39 is 0 Å². The first-order valence-electron chi connectivity index (χ1n) is 8.64. The Morgan fingerprint density at radius 1 is 1.23 bits per heavy atom. The van der Waals surface area contributed by atoms with Crippen LogP contribution in [0.1, 0.15) is 35.0 Å². The normalized spacial score (nSPS) is 16.8. The number of methoxy groups -OCH3 is 2. The average Bonchev–Trinajstić information content (AvgIpc) is 3.22. The van der Waals surface area contributed by atoms with Crippen molar-refractivity contribution in [3.8, 4) is 11.5 Å². The maximum atomic E-state index is 12.9. The summed E-state index contributed by atoms with van der Waals surface area (Å²) in [5.74, 6) is 1.30. The minimum absolute atomic E-state index is 0.00181. The van der Waals surface area contributed by atoms with Crippen molar-refractivity contribution in [3.63, 3.8) is 0 Å². The molecule has 0 saturated carbocycles. The van der Waals surface area contributed by atoms with Gasteiger partial charge in [0.15, 0.2) is 11.5 Å². The number of hydrogen-bond donors (Lipinski definition) is 0. The molecule has 1 aliphatic rings. The van der Waals surface area contributed by atoms with Gasteiger partial charge in [0.2, 0.25) is 5.91 Å². The van der Waals surface area contributed by atoms with Crippen molar-refractivity contribution < 1.29 is 14.3 Å². The average molecular weight is 376 g/mol. The van der Waals surface area contributed by atoms with Crippen LogP contribution in [-0.2, 0) is 11.3 Å². The fraction of sp³-hybridized carbons (Fsp3) is 0.474. The van der Waals surface area contributed by atoms with Crippen LogP contribution < -0.4 is 14.3 Å². The minimum atomic E-state index is -0.0739. The van der Waals surface area contributed by atoms with Gasteiger partial charge in [-0.1, -0.05) is 17.4 Å². The van der Waals surface area contributed by atoms with Crippen molar-refractivity contribution in [3.05, 3.63) is 44.0 Å². The lowest BCUT2D eigenvalue weighted by atomic mass is 10.0. The number of carbonyl (C=O) groups is 1. The Balaban J connectivity index is 1.84. The Labute approximate surface area is 157 Å². The quantitative estimate of drug-likeness (QED) is 0.805. The maximum Gasteiger partial charge on any atom is 0.308 e. The molecule has 0 N–H and O–H groups in total. The molecule has 26 heavy (non-hydrogen) atoms. The first-order valence-corrected chi connectivity index (χ1v) is 9.46. The molecule has 6 nitrogen and oxygen atoms in total. The zero-order chi connectivity index (χ0) is 18.8. The Morgan fingerprint density at radius 2 is 1.96 bits per heavy atom. The molecular weight excluding hydrogens is 352 g/mol. The van der Waals surface area contributed by atoms with Gasteiger partial charge in [-0.15, -0.1) is 0 Å². The first kappa shape index (κ1) is 18.5. The molecule has 1 aromatic heterocycles. The molecule has 1 amide bonds. The summed E-state index contributed by atoms with van der Waals surface area (Å²) < 4.78 is 12.3. The topological polar surface area (TPSA) is 60.8 Å². The van der Waals surface area contributed by atoms with E-state index in [1.54, 1.807) is 18.8 Å². The van der Waals surface area contributed by atoms with E-state index in [2.05, 4.69) is 0 Å². The lowest BCUT2D eigenvalue weighted by molar-refractivity contribution is -0.132. The van der Waals surface area contributed by atoms with Gasteiger partial charge in [0.05, 0.1) is 20.3 Å². The standard InChI is InChI=1S/C19H24N2O4S/c1-12-13(2)26-19(23)21(12)11-18(22)20-9-5-6-15(20)14-7-8-16(24-3)17(10-14)25-4/h7-8,10,15H,5-6,9,11H2,1-4H3. The number of hydrogen-bond acceptors (Lipinski definition) is 5. The van der Waals surface area contributed by atoms with E-state index >= 15 is 0 Å². The third-order valence-corrected chi connectivity index (χ3v) is 6.03. The Bertz CT molecular complexity index is 871. The van der Waals surface area contributed by atoms with E-state index in [0.717, 1.165) is 29.0 Å². The number of amides is 1. The van der Waals surface area contributed by atoms with Crippen LogP contribution in [0.2, 0.25) is 0 Å². The number of carbonyl (C=O) groups excluding carboxylic acids is 1. The van der Waals surface area contributed by atoms with Gasteiger partial charge < -0.3 is 14.4 Å². The number of aryl methyl sites for hydroxylation is 1. The Kier molecular flexibility index (Phi) is 5.36. The van der Waals surface area contributed by atoms with Gasteiger partial charge in [0.25, 0.3) is 0 Å². The number of benzene rings is 1. The summed E-state index contributed by atoms with van der Waals surface area (Å²) in [6, 6.07) is 5.77. The summed E-state index contributed by atoms with van der Waals surface area (Å²) in [6.45, 7) is 4.59. The smallest absolute Gasteiger partial charge is 0.308 e. The predicted octanol–water partition coefficient (Wildman–Crippen LogP) is 2.91. The SMILES string of the molecule is COc1ccc(C2CCCN2C(=O)Cn2c(C)c(C)sc2=O)cc1OC. The summed E-state index contributed by atoms with van der Waals surface area (Å²) in [5.41, 5.74) is 1.90. The van der Waals surface area contributed by atoms with Gasteiger partial charge in [-0.25, -0.2) is 0 Å². The number of aromatic nitrogens is 1. The molecule has 0 spiro atoms. The van der Waals surface area contributed by atoms with Crippen molar-refractivity contribution in [2.45, 2.75) is 39.3 Å². The van der Waals surface area contributed by atoms with E-state index in [4.69, 9.17) is 9.47 Å². The van der Waals surface area contributed by atoms with Crippen molar-refractivity contribution in [1.82, 2.24) is 9.47 Å². The lowest BCUT2D eigenvalue weighted by Crippen LogP contribution is -2.35. The summed E-state index contributed by atoms with van der Waals surface area (Å²) in [5, 5.41) is 0. The second-order valence-electron chi connectivity index (χ2n) is 6.46. The van der Waals surface area contributed by atoms with Gasteiger partial charge in [-0.05, 0) is 44.4 Å². The molecule has 0 radical (unpaired) electrons. The van der Waals surface area contributed by atoms with Crippen LogP contribution in [0.4, 0.5) is 0 Å². The first-order chi connectivity index (χ1) is 12.5. The van der Waals surface area contributed by atoms with Crippen molar-refractivity contribution >= 4 is 17.2 Å². The second kappa shape index (κ2) is 7.53. The minimum Gasteiger partial charge on any atom is -0.493 e. The van der Waals surface area contributed by atoms with Crippen LogP contribution in [0, 0.1) is 13.8 Å². The molecule has 1 saturated heterocycles. The van der Waals surface area contributed by atoms with Crippen LogP contribution in [-0.4, -0.2) is 36.1 Å².